The van der Waals surface area contributed by atoms with Crippen LogP contribution in [0.1, 0.15) is 21.7 Å². The summed E-state index contributed by atoms with van der Waals surface area (Å²) in [6.45, 7) is 2.74. The molecule has 4 amide bonds. The third-order valence-corrected chi connectivity index (χ3v) is 3.52. The normalized spacial score (nSPS) is 10.0. The highest BCUT2D eigenvalue weighted by atomic mass is 16.5. The fourth-order valence-electron chi connectivity index (χ4n) is 1.99. The molecule has 0 radical (unpaired) electrons. The van der Waals surface area contributed by atoms with Gasteiger partial charge in [0.1, 0.15) is 6.54 Å². The smallest absolute Gasteiger partial charge is 0.325 e. The van der Waals surface area contributed by atoms with E-state index in [0.29, 0.717) is 5.69 Å². The molecule has 0 spiro atoms. The molecule has 0 unspecified atom stereocenters. The summed E-state index contributed by atoms with van der Waals surface area (Å²) in [6.07, 6.45) is 1.32. The number of aryl methyl sites for hydroxylation is 2. The highest BCUT2D eigenvalue weighted by molar-refractivity contribution is 6.02. The van der Waals surface area contributed by atoms with Gasteiger partial charge in [0.05, 0.1) is 6.26 Å². The van der Waals surface area contributed by atoms with Crippen LogP contribution in [-0.4, -0.2) is 37.0 Å². The van der Waals surface area contributed by atoms with Crippen LogP contribution in [0.5, 0.6) is 0 Å². The lowest BCUT2D eigenvalue weighted by Crippen LogP contribution is -2.38. The van der Waals surface area contributed by atoms with E-state index in [9.17, 15) is 19.2 Å². The molecule has 0 saturated carbocycles. The molecule has 3 N–H and O–H groups in total. The molecule has 2 rings (SSSR count). The molecule has 1 heterocycles. The van der Waals surface area contributed by atoms with Crippen molar-refractivity contribution in [2.75, 3.05) is 18.5 Å². The molecule has 142 valence electrons. The minimum atomic E-state index is -0.834. The van der Waals surface area contributed by atoms with Crippen LogP contribution in [0, 0.1) is 13.8 Å². The highest BCUT2D eigenvalue weighted by Gasteiger charge is 2.14. The lowest BCUT2D eigenvalue weighted by Gasteiger charge is -2.09. The average molecular weight is 373 g/mol. The highest BCUT2D eigenvalue weighted by Crippen LogP contribution is 2.13. The Morgan fingerprint density at radius 2 is 1.85 bits per heavy atom. The Kier molecular flexibility index (Phi) is 6.70. The maximum atomic E-state index is 11.8. The zero-order valence-corrected chi connectivity index (χ0v) is 14.8. The number of carbonyl (C=O) groups is 4. The van der Waals surface area contributed by atoms with Crippen molar-refractivity contribution in [3.8, 4) is 0 Å². The summed E-state index contributed by atoms with van der Waals surface area (Å²) in [5.74, 6) is -2.18. The van der Waals surface area contributed by atoms with Crippen LogP contribution < -0.4 is 16.0 Å². The van der Waals surface area contributed by atoms with E-state index in [0.717, 1.165) is 11.1 Å². The summed E-state index contributed by atoms with van der Waals surface area (Å²) in [5, 5.41) is 6.82. The van der Waals surface area contributed by atoms with Crippen molar-refractivity contribution in [1.29, 1.82) is 0 Å². The van der Waals surface area contributed by atoms with Crippen molar-refractivity contribution in [2.45, 2.75) is 13.8 Å². The number of amides is 4. The van der Waals surface area contributed by atoms with Gasteiger partial charge in [0.2, 0.25) is 0 Å². The van der Waals surface area contributed by atoms with Gasteiger partial charge < -0.3 is 19.8 Å². The number of imide groups is 1. The first kappa shape index (κ1) is 19.7. The lowest BCUT2D eigenvalue weighted by molar-refractivity contribution is -0.147. The van der Waals surface area contributed by atoms with E-state index in [2.05, 4.69) is 15.4 Å². The third-order valence-electron chi connectivity index (χ3n) is 3.52. The van der Waals surface area contributed by atoms with Gasteiger partial charge in [-0.2, -0.15) is 0 Å². The Labute approximate surface area is 155 Å². The molecule has 0 aliphatic rings. The fraction of sp³-hybridized carbons (Fsp3) is 0.222. The zero-order valence-electron chi connectivity index (χ0n) is 14.8. The maximum absolute atomic E-state index is 11.8. The second kappa shape index (κ2) is 9.18. The van der Waals surface area contributed by atoms with Gasteiger partial charge in [0.15, 0.2) is 12.4 Å². The number of benzene rings is 1. The molecule has 0 atom stereocenters. The lowest BCUT2D eigenvalue weighted by atomic mass is 10.1. The monoisotopic (exact) mass is 373 g/mol. The van der Waals surface area contributed by atoms with Gasteiger partial charge in [-0.1, -0.05) is 6.07 Å². The Morgan fingerprint density at radius 3 is 2.52 bits per heavy atom. The molecule has 0 saturated heterocycles. The number of hydrogen-bond acceptors (Lipinski definition) is 6. The second-order valence-corrected chi connectivity index (χ2v) is 5.62. The number of carbonyl (C=O) groups excluding carboxylic acids is 4. The van der Waals surface area contributed by atoms with Crippen molar-refractivity contribution in [2.24, 2.45) is 0 Å². The largest absolute Gasteiger partial charge is 0.459 e. The molecule has 9 nitrogen and oxygen atoms in total. The standard InChI is InChI=1S/C18H19N3O6/c1-11-5-6-13(8-12(11)2)20-18(25)21-15(22)10-27-16(23)9-19-17(24)14-4-3-7-26-14/h3-8H,9-10H2,1-2H3,(H,19,24)(H2,20,21,22,25). The van der Waals surface area contributed by atoms with E-state index in [4.69, 9.17) is 4.42 Å². The van der Waals surface area contributed by atoms with Crippen molar-refractivity contribution < 1.29 is 28.3 Å². The summed E-state index contributed by atoms with van der Waals surface area (Å²) >= 11 is 0. The van der Waals surface area contributed by atoms with Crippen LogP contribution in [0.15, 0.2) is 41.0 Å². The third kappa shape index (κ3) is 6.31. The van der Waals surface area contributed by atoms with Crippen LogP contribution in [0.3, 0.4) is 0 Å². The van der Waals surface area contributed by atoms with Gasteiger partial charge in [0.25, 0.3) is 11.8 Å². The van der Waals surface area contributed by atoms with Gasteiger partial charge in [-0.25, -0.2) is 4.79 Å². The summed E-state index contributed by atoms with van der Waals surface area (Å²) in [7, 11) is 0. The Balaban J connectivity index is 1.68. The first-order valence-electron chi connectivity index (χ1n) is 8.00. The predicted octanol–water partition coefficient (Wildman–Crippen LogP) is 1.52. The van der Waals surface area contributed by atoms with Crippen molar-refractivity contribution >= 4 is 29.5 Å². The summed E-state index contributed by atoms with van der Waals surface area (Å²) in [4.78, 5) is 46.5. The summed E-state index contributed by atoms with van der Waals surface area (Å²) < 4.78 is 9.54. The Hall–Kier alpha value is -3.62. The molecular formula is C18H19N3O6. The van der Waals surface area contributed by atoms with Crippen LogP contribution in [0.25, 0.3) is 0 Å². The topological polar surface area (TPSA) is 127 Å². The van der Waals surface area contributed by atoms with E-state index < -0.39 is 37.0 Å². The molecule has 0 fully saturated rings. The molecule has 1 aromatic heterocycles. The van der Waals surface area contributed by atoms with Gasteiger partial charge in [0, 0.05) is 5.69 Å². The van der Waals surface area contributed by atoms with E-state index in [1.54, 1.807) is 12.1 Å². The second-order valence-electron chi connectivity index (χ2n) is 5.62. The van der Waals surface area contributed by atoms with Gasteiger partial charge in [-0.05, 0) is 49.2 Å². The van der Waals surface area contributed by atoms with E-state index in [1.807, 2.05) is 25.2 Å². The minimum absolute atomic E-state index is 0.0450. The molecule has 0 aliphatic carbocycles. The Morgan fingerprint density at radius 1 is 1.07 bits per heavy atom. The number of furan rings is 1. The number of rotatable bonds is 6. The fourth-order valence-corrected chi connectivity index (χ4v) is 1.99. The van der Waals surface area contributed by atoms with Crippen molar-refractivity contribution in [1.82, 2.24) is 10.6 Å². The van der Waals surface area contributed by atoms with Crippen LogP contribution in [0.2, 0.25) is 0 Å². The molecule has 9 heteroatoms. The quantitative estimate of drug-likeness (QED) is 0.659. The first-order valence-corrected chi connectivity index (χ1v) is 8.00. The van der Waals surface area contributed by atoms with Crippen LogP contribution in [0.4, 0.5) is 10.5 Å². The molecule has 1 aromatic carbocycles. The zero-order chi connectivity index (χ0) is 19.8. The number of nitrogens with one attached hydrogen (secondary N) is 3. The molecule has 2 aromatic rings. The number of hydrogen-bond donors (Lipinski definition) is 3. The van der Waals surface area contributed by atoms with Gasteiger partial charge in [-0.3, -0.25) is 19.7 Å². The van der Waals surface area contributed by atoms with Gasteiger partial charge in [-0.15, -0.1) is 0 Å². The molecule has 0 bridgehead atoms. The van der Waals surface area contributed by atoms with E-state index in [1.165, 1.54) is 18.4 Å². The Bertz CT molecular complexity index is 845. The average Bonchev–Trinajstić information content (AvgIpc) is 3.15. The first-order chi connectivity index (χ1) is 12.8. The van der Waals surface area contributed by atoms with E-state index >= 15 is 0 Å². The maximum Gasteiger partial charge on any atom is 0.325 e. The van der Waals surface area contributed by atoms with Gasteiger partial charge >= 0.3 is 12.0 Å². The number of esters is 1. The molecular weight excluding hydrogens is 354 g/mol. The number of anilines is 1. The summed E-state index contributed by atoms with van der Waals surface area (Å²) in [5.41, 5.74) is 2.59. The van der Waals surface area contributed by atoms with Crippen molar-refractivity contribution in [3.63, 3.8) is 0 Å². The van der Waals surface area contributed by atoms with Crippen LogP contribution in [-0.2, 0) is 14.3 Å². The summed E-state index contributed by atoms with van der Waals surface area (Å²) in [6, 6.07) is 7.52. The van der Waals surface area contributed by atoms with Crippen LogP contribution >= 0.6 is 0 Å². The predicted molar refractivity (Wildman–Crippen MR) is 95.1 cm³/mol. The SMILES string of the molecule is Cc1ccc(NC(=O)NC(=O)COC(=O)CNC(=O)c2ccco2)cc1C. The van der Waals surface area contributed by atoms with E-state index in [-0.39, 0.29) is 5.76 Å². The van der Waals surface area contributed by atoms with Crippen molar-refractivity contribution in [3.05, 3.63) is 53.5 Å². The number of ether oxygens (including phenoxy) is 1. The number of urea groups is 1. The molecule has 27 heavy (non-hydrogen) atoms. The minimum Gasteiger partial charge on any atom is -0.459 e. The molecule has 0 aliphatic heterocycles.